The molecule has 3 aromatic rings. The topological polar surface area (TPSA) is 98.5 Å². The number of nitrogens with two attached hydrogens (primary N) is 1. The molecule has 0 radical (unpaired) electrons. The molecule has 1 heterocycles. The van der Waals surface area contributed by atoms with Gasteiger partial charge in [0.15, 0.2) is 0 Å². The minimum absolute atomic E-state index is 0.118. The summed E-state index contributed by atoms with van der Waals surface area (Å²) in [5.74, 6) is -0.379. The van der Waals surface area contributed by atoms with Gasteiger partial charge in [-0.1, -0.05) is 24.3 Å². The van der Waals surface area contributed by atoms with Gasteiger partial charge in [-0.25, -0.2) is 4.39 Å². The Hall–Kier alpha value is -2.70. The average Bonchev–Trinajstić information content (AvgIpc) is 3.08. The van der Waals surface area contributed by atoms with Crippen LogP contribution < -0.4 is 16.8 Å². The van der Waals surface area contributed by atoms with Crippen molar-refractivity contribution in [2.75, 3.05) is 13.1 Å². The fourth-order valence-electron chi connectivity index (χ4n) is 2.98. The third-order valence-corrected chi connectivity index (χ3v) is 4.47. The van der Waals surface area contributed by atoms with E-state index in [0.717, 1.165) is 34.9 Å². The maximum Gasteiger partial charge on any atom is 0.253 e. The second kappa shape index (κ2) is 8.12. The highest BCUT2D eigenvalue weighted by atomic mass is 19.1. The van der Waals surface area contributed by atoms with Gasteiger partial charge in [0.25, 0.3) is 5.91 Å². The number of quaternary nitrogens is 1. The predicted octanol–water partition coefficient (Wildman–Crippen LogP) is 2.05. The number of hydrogen-bond donors (Lipinski definition) is 4. The van der Waals surface area contributed by atoms with Crippen molar-refractivity contribution in [2.24, 2.45) is 5.73 Å². The molecule has 7 N–H and O–H groups in total. The molecule has 0 aliphatic carbocycles. The van der Waals surface area contributed by atoms with Crippen LogP contribution in [-0.2, 0) is 0 Å². The van der Waals surface area contributed by atoms with E-state index in [0.29, 0.717) is 18.7 Å². The molecule has 3 rings (SSSR count). The highest BCUT2D eigenvalue weighted by Gasteiger charge is 2.14. The number of carbonyl (C=O) groups excluding carboxylic acids is 1. The first-order chi connectivity index (χ1) is 12.6. The number of hydrogen-bond acceptors (Lipinski definition) is 2. The van der Waals surface area contributed by atoms with E-state index in [1.54, 1.807) is 18.3 Å². The Labute approximate surface area is 151 Å². The molecule has 6 heteroatoms. The first kappa shape index (κ1) is 18.1. The Bertz CT molecular complexity index is 888. The summed E-state index contributed by atoms with van der Waals surface area (Å²) in [5.41, 5.74) is 12.9. The van der Waals surface area contributed by atoms with Crippen molar-refractivity contribution in [3.05, 3.63) is 60.0 Å². The van der Waals surface area contributed by atoms with Gasteiger partial charge in [-0.2, -0.15) is 0 Å². The van der Waals surface area contributed by atoms with Gasteiger partial charge in [-0.05, 0) is 42.3 Å². The van der Waals surface area contributed by atoms with Crippen LogP contribution >= 0.6 is 0 Å². The molecule has 1 aromatic heterocycles. The molecule has 0 spiro atoms. The molecule has 26 heavy (non-hydrogen) atoms. The van der Waals surface area contributed by atoms with Crippen molar-refractivity contribution in [1.29, 1.82) is 0 Å². The van der Waals surface area contributed by atoms with Crippen molar-refractivity contribution in [2.45, 2.75) is 18.9 Å². The number of nitrogens with one attached hydrogen (secondary N) is 2. The lowest BCUT2D eigenvalue weighted by Gasteiger charge is -2.09. The smallest absolute Gasteiger partial charge is 0.253 e. The van der Waals surface area contributed by atoms with E-state index in [2.05, 4.69) is 16.0 Å². The van der Waals surface area contributed by atoms with Crippen LogP contribution in [0.15, 0.2) is 48.7 Å². The fraction of sp³-hybridized carbons (Fsp3) is 0.250. The van der Waals surface area contributed by atoms with Gasteiger partial charge < -0.3 is 21.8 Å². The molecule has 0 unspecified atom stereocenters. The molecule has 0 saturated carbocycles. The molecule has 0 aliphatic heterocycles. The van der Waals surface area contributed by atoms with Gasteiger partial charge in [0, 0.05) is 23.5 Å². The second-order valence-electron chi connectivity index (χ2n) is 6.48. The molecule has 0 bridgehead atoms. The number of carbonyl (C=O) groups is 1. The van der Waals surface area contributed by atoms with Gasteiger partial charge in [0.1, 0.15) is 11.9 Å². The molecule has 0 saturated heterocycles. The van der Waals surface area contributed by atoms with Gasteiger partial charge in [0.2, 0.25) is 0 Å². The fourth-order valence-corrected chi connectivity index (χ4v) is 2.98. The van der Waals surface area contributed by atoms with Gasteiger partial charge in [0.05, 0.1) is 12.1 Å². The molecule has 2 aromatic carbocycles. The quantitative estimate of drug-likeness (QED) is 0.522. The van der Waals surface area contributed by atoms with Crippen LogP contribution in [0.2, 0.25) is 0 Å². The zero-order valence-corrected chi connectivity index (χ0v) is 14.6. The predicted molar refractivity (Wildman–Crippen MR) is 101 cm³/mol. The van der Waals surface area contributed by atoms with E-state index in [9.17, 15) is 9.18 Å². The lowest BCUT2D eigenvalue weighted by atomic mass is 10.0. The zero-order valence-electron chi connectivity index (χ0n) is 14.6. The van der Waals surface area contributed by atoms with E-state index in [1.165, 1.54) is 12.1 Å². The number of aromatic amines is 1. The number of fused-ring (bicyclic) bond motifs is 1. The normalized spacial score (nSPS) is 12.3. The summed E-state index contributed by atoms with van der Waals surface area (Å²) < 4.78 is 13.1. The third kappa shape index (κ3) is 4.09. The second-order valence-corrected chi connectivity index (χ2v) is 6.48. The maximum atomic E-state index is 13.1. The van der Waals surface area contributed by atoms with E-state index >= 15 is 0 Å². The molecular formula is C20H24FN4O+. The van der Waals surface area contributed by atoms with Crippen LogP contribution in [0.3, 0.4) is 0 Å². The number of halogens is 1. The number of benzene rings is 2. The summed E-state index contributed by atoms with van der Waals surface area (Å²) in [6.45, 7) is 1.16. The minimum atomic E-state index is -0.260. The maximum absolute atomic E-state index is 13.1. The molecular weight excluding hydrogens is 331 g/mol. The Balaban J connectivity index is 1.74. The van der Waals surface area contributed by atoms with Gasteiger partial charge >= 0.3 is 0 Å². The number of H-pyrrole nitrogens is 1. The summed E-state index contributed by atoms with van der Waals surface area (Å²) in [7, 11) is 0. The number of aromatic nitrogens is 1. The summed E-state index contributed by atoms with van der Waals surface area (Å²) in [4.78, 5) is 15.6. The van der Waals surface area contributed by atoms with Crippen LogP contribution in [0.1, 0.15) is 23.2 Å². The van der Waals surface area contributed by atoms with E-state index in [-0.39, 0.29) is 17.8 Å². The summed E-state index contributed by atoms with van der Waals surface area (Å²) >= 11 is 0. The lowest BCUT2D eigenvalue weighted by molar-refractivity contribution is -0.418. The molecule has 1 amide bonds. The number of rotatable bonds is 7. The lowest BCUT2D eigenvalue weighted by Crippen LogP contribution is -2.65. The standard InChI is InChI=1S/C20H23FN4O/c21-15-6-3-13(4-7-15)14-5-8-17-18(12-24-19(17)10-14)20(26)25-11-16(23)2-1-9-22/h3-8,10,12,16,24H,1-2,9,11,22-23H2,(H,25,26)/p+1/t16-/m1/s1. The summed E-state index contributed by atoms with van der Waals surface area (Å²) in [6.07, 6.45) is 3.52. The van der Waals surface area contributed by atoms with Crippen LogP contribution in [0, 0.1) is 5.82 Å². The molecule has 0 aliphatic rings. The Morgan fingerprint density at radius 2 is 1.92 bits per heavy atom. The largest absolute Gasteiger partial charge is 0.360 e. The zero-order chi connectivity index (χ0) is 18.5. The molecule has 136 valence electrons. The molecule has 0 fully saturated rings. The first-order valence-corrected chi connectivity index (χ1v) is 8.77. The van der Waals surface area contributed by atoms with E-state index in [4.69, 9.17) is 5.73 Å². The Morgan fingerprint density at radius 3 is 2.65 bits per heavy atom. The Kier molecular flexibility index (Phi) is 5.65. The highest BCUT2D eigenvalue weighted by Crippen LogP contribution is 2.26. The molecule has 1 atom stereocenters. The van der Waals surface area contributed by atoms with Crippen LogP contribution in [0.25, 0.3) is 22.0 Å². The van der Waals surface area contributed by atoms with Crippen molar-refractivity contribution in [1.82, 2.24) is 10.3 Å². The van der Waals surface area contributed by atoms with E-state index in [1.807, 2.05) is 18.2 Å². The SMILES string of the molecule is NCCC[C@@H]([NH3+])CNC(=O)c1c[nH]c2cc(-c3ccc(F)cc3)ccc12. The van der Waals surface area contributed by atoms with Crippen LogP contribution in [0.5, 0.6) is 0 Å². The monoisotopic (exact) mass is 355 g/mol. The molecule has 5 nitrogen and oxygen atoms in total. The highest BCUT2D eigenvalue weighted by molar-refractivity contribution is 6.07. The van der Waals surface area contributed by atoms with E-state index < -0.39 is 0 Å². The summed E-state index contributed by atoms with van der Waals surface area (Å²) in [5, 5.41) is 3.79. The van der Waals surface area contributed by atoms with Crippen molar-refractivity contribution < 1.29 is 14.9 Å². The third-order valence-electron chi connectivity index (χ3n) is 4.47. The van der Waals surface area contributed by atoms with Crippen molar-refractivity contribution in [3.63, 3.8) is 0 Å². The van der Waals surface area contributed by atoms with Crippen LogP contribution in [-0.4, -0.2) is 30.0 Å². The van der Waals surface area contributed by atoms with Crippen LogP contribution in [0.4, 0.5) is 4.39 Å². The van der Waals surface area contributed by atoms with Crippen molar-refractivity contribution in [3.8, 4) is 11.1 Å². The average molecular weight is 355 g/mol. The van der Waals surface area contributed by atoms with Crippen molar-refractivity contribution >= 4 is 16.8 Å². The Morgan fingerprint density at radius 1 is 1.19 bits per heavy atom. The first-order valence-electron chi connectivity index (χ1n) is 8.77. The number of amides is 1. The van der Waals surface area contributed by atoms with Gasteiger partial charge in [-0.3, -0.25) is 4.79 Å². The van der Waals surface area contributed by atoms with Gasteiger partial charge in [-0.15, -0.1) is 0 Å². The summed E-state index contributed by atoms with van der Waals surface area (Å²) in [6, 6.07) is 12.3. The minimum Gasteiger partial charge on any atom is -0.360 e.